The molecular weight excluding hydrogens is 392 g/mol. The van der Waals surface area contributed by atoms with Gasteiger partial charge in [0.25, 0.3) is 0 Å². The van der Waals surface area contributed by atoms with E-state index in [4.69, 9.17) is 9.72 Å². The van der Waals surface area contributed by atoms with Crippen molar-refractivity contribution in [3.8, 4) is 11.4 Å². The fourth-order valence-electron chi connectivity index (χ4n) is 4.15. The van der Waals surface area contributed by atoms with Crippen molar-refractivity contribution in [2.45, 2.75) is 6.92 Å². The van der Waals surface area contributed by atoms with Crippen LogP contribution in [-0.2, 0) is 9.53 Å². The number of methoxy groups -OCH3 is 1. The van der Waals surface area contributed by atoms with Crippen LogP contribution in [0.3, 0.4) is 0 Å². The van der Waals surface area contributed by atoms with E-state index < -0.39 is 0 Å². The Bertz CT molecular complexity index is 1260. The summed E-state index contributed by atoms with van der Waals surface area (Å²) >= 11 is 0. The second-order valence-corrected chi connectivity index (χ2v) is 7.73. The third-order valence-electron chi connectivity index (χ3n) is 5.80. The number of ether oxygens (including phenoxy) is 1. The largest absolute Gasteiger partial charge is 0.375 e. The van der Waals surface area contributed by atoms with Crippen LogP contribution in [0.4, 0.5) is 5.95 Å². The van der Waals surface area contributed by atoms with Crippen LogP contribution in [0.25, 0.3) is 27.9 Å². The van der Waals surface area contributed by atoms with Gasteiger partial charge in [0.1, 0.15) is 6.61 Å². The van der Waals surface area contributed by atoms with Gasteiger partial charge < -0.3 is 14.5 Å². The van der Waals surface area contributed by atoms with E-state index in [-0.39, 0.29) is 12.5 Å². The van der Waals surface area contributed by atoms with Crippen LogP contribution in [0.5, 0.6) is 0 Å². The molecular formula is C23H24N6O2. The zero-order valence-electron chi connectivity index (χ0n) is 17.7. The van der Waals surface area contributed by atoms with Crippen LogP contribution >= 0.6 is 0 Å². The molecule has 0 saturated carbocycles. The standard InChI is InChI=1S/C23H24N6O2/c1-16-7-3-4-8-17(16)21-25-26-22-18-9-5-6-10-19(18)24-23(29(21)22)28-13-11-27(12-14-28)20(30)15-31-2/h3-10H,11-15H2,1-2H3. The number of nitrogens with zero attached hydrogens (tertiary/aromatic N) is 6. The summed E-state index contributed by atoms with van der Waals surface area (Å²) in [4.78, 5) is 21.3. The molecule has 2 aromatic carbocycles. The molecule has 0 spiro atoms. The molecule has 0 atom stereocenters. The second kappa shape index (κ2) is 7.96. The van der Waals surface area contributed by atoms with Crippen LogP contribution in [0.15, 0.2) is 48.5 Å². The lowest BCUT2D eigenvalue weighted by Crippen LogP contribution is -2.50. The maximum Gasteiger partial charge on any atom is 0.248 e. The Hall–Kier alpha value is -3.52. The van der Waals surface area contributed by atoms with Gasteiger partial charge in [-0.3, -0.25) is 4.79 Å². The number of fused-ring (bicyclic) bond motifs is 3. The highest BCUT2D eigenvalue weighted by atomic mass is 16.5. The molecule has 31 heavy (non-hydrogen) atoms. The lowest BCUT2D eigenvalue weighted by atomic mass is 10.1. The molecule has 1 saturated heterocycles. The van der Waals surface area contributed by atoms with Gasteiger partial charge in [-0.15, -0.1) is 10.2 Å². The number of hydrogen-bond acceptors (Lipinski definition) is 6. The highest BCUT2D eigenvalue weighted by molar-refractivity contribution is 5.93. The summed E-state index contributed by atoms with van der Waals surface area (Å²) in [5.41, 5.74) is 3.83. The fraction of sp³-hybridized carbons (Fsp3) is 0.304. The lowest BCUT2D eigenvalue weighted by molar-refractivity contribution is -0.135. The smallest absolute Gasteiger partial charge is 0.248 e. The van der Waals surface area contributed by atoms with Crippen LogP contribution < -0.4 is 4.90 Å². The molecule has 1 aliphatic rings. The molecule has 2 aromatic heterocycles. The van der Waals surface area contributed by atoms with Gasteiger partial charge in [-0.1, -0.05) is 36.4 Å². The third kappa shape index (κ3) is 3.38. The Morgan fingerprint density at radius 1 is 1.00 bits per heavy atom. The topological polar surface area (TPSA) is 75.9 Å². The fourth-order valence-corrected chi connectivity index (χ4v) is 4.15. The van der Waals surface area contributed by atoms with Gasteiger partial charge >= 0.3 is 0 Å². The summed E-state index contributed by atoms with van der Waals surface area (Å²) in [5.74, 6) is 1.60. The van der Waals surface area contributed by atoms with Crippen molar-refractivity contribution in [3.63, 3.8) is 0 Å². The first-order valence-electron chi connectivity index (χ1n) is 10.4. The van der Waals surface area contributed by atoms with Crippen LogP contribution in [-0.4, -0.2) is 70.3 Å². The predicted molar refractivity (Wildman–Crippen MR) is 119 cm³/mol. The van der Waals surface area contributed by atoms with Crippen molar-refractivity contribution in [2.24, 2.45) is 0 Å². The first-order valence-corrected chi connectivity index (χ1v) is 10.4. The molecule has 8 nitrogen and oxygen atoms in total. The summed E-state index contributed by atoms with van der Waals surface area (Å²) < 4.78 is 7.05. The number of anilines is 1. The Labute approximate surface area is 180 Å². The zero-order valence-corrected chi connectivity index (χ0v) is 17.7. The monoisotopic (exact) mass is 416 g/mol. The number of aryl methyl sites for hydroxylation is 1. The molecule has 0 aliphatic carbocycles. The molecule has 1 aliphatic heterocycles. The summed E-state index contributed by atoms with van der Waals surface area (Å²) in [6.07, 6.45) is 0. The lowest BCUT2D eigenvalue weighted by Gasteiger charge is -2.35. The number of benzene rings is 2. The average Bonchev–Trinajstić information content (AvgIpc) is 3.24. The van der Waals surface area contributed by atoms with Crippen molar-refractivity contribution < 1.29 is 9.53 Å². The number of piperazine rings is 1. The third-order valence-corrected chi connectivity index (χ3v) is 5.80. The van der Waals surface area contributed by atoms with Gasteiger partial charge in [-0.25, -0.2) is 9.38 Å². The van der Waals surface area contributed by atoms with E-state index in [1.807, 2.05) is 41.3 Å². The normalized spacial score (nSPS) is 14.5. The Morgan fingerprint density at radius 3 is 2.52 bits per heavy atom. The first-order chi connectivity index (χ1) is 15.2. The van der Waals surface area contributed by atoms with E-state index in [0.29, 0.717) is 26.2 Å². The zero-order chi connectivity index (χ0) is 21.4. The minimum absolute atomic E-state index is 0.0173. The van der Waals surface area contributed by atoms with Crippen molar-refractivity contribution in [2.75, 3.05) is 44.8 Å². The summed E-state index contributed by atoms with van der Waals surface area (Å²) in [6.45, 7) is 4.80. The molecule has 0 N–H and O–H groups in total. The molecule has 1 fully saturated rings. The molecule has 3 heterocycles. The van der Waals surface area contributed by atoms with E-state index in [9.17, 15) is 4.79 Å². The van der Waals surface area contributed by atoms with Crippen molar-refractivity contribution in [1.82, 2.24) is 24.5 Å². The Morgan fingerprint density at radius 2 is 1.74 bits per heavy atom. The van der Waals surface area contributed by atoms with Gasteiger partial charge in [-0.05, 0) is 24.6 Å². The molecule has 5 rings (SSSR count). The highest BCUT2D eigenvalue weighted by Gasteiger charge is 2.26. The number of carbonyl (C=O) groups excluding carboxylic acids is 1. The van der Waals surface area contributed by atoms with Crippen LogP contribution in [0, 0.1) is 6.92 Å². The summed E-state index contributed by atoms with van der Waals surface area (Å²) in [7, 11) is 1.54. The van der Waals surface area contributed by atoms with Gasteiger partial charge in [0, 0.05) is 44.2 Å². The Balaban J connectivity index is 1.62. The van der Waals surface area contributed by atoms with Crippen molar-refractivity contribution in [3.05, 3.63) is 54.1 Å². The maximum absolute atomic E-state index is 12.2. The second-order valence-electron chi connectivity index (χ2n) is 7.73. The minimum atomic E-state index is 0.0173. The molecule has 0 radical (unpaired) electrons. The highest BCUT2D eigenvalue weighted by Crippen LogP contribution is 2.30. The molecule has 0 unspecified atom stereocenters. The minimum Gasteiger partial charge on any atom is -0.375 e. The molecule has 158 valence electrons. The van der Waals surface area contributed by atoms with E-state index in [2.05, 4.69) is 38.6 Å². The summed E-state index contributed by atoms with van der Waals surface area (Å²) in [5, 5.41) is 10.1. The van der Waals surface area contributed by atoms with E-state index >= 15 is 0 Å². The number of aromatic nitrogens is 4. The maximum atomic E-state index is 12.2. The number of para-hydroxylation sites is 1. The Kier molecular flexibility index (Phi) is 4.99. The molecule has 1 amide bonds. The van der Waals surface area contributed by atoms with Crippen molar-refractivity contribution in [1.29, 1.82) is 0 Å². The number of carbonyl (C=O) groups is 1. The van der Waals surface area contributed by atoms with Gasteiger partial charge in [0.15, 0.2) is 11.5 Å². The summed E-state index contributed by atoms with van der Waals surface area (Å²) in [6, 6.07) is 16.2. The van der Waals surface area contributed by atoms with E-state index in [1.54, 1.807) is 7.11 Å². The number of amides is 1. The van der Waals surface area contributed by atoms with Gasteiger partial charge in [0.05, 0.1) is 5.52 Å². The molecule has 0 bridgehead atoms. The van der Waals surface area contributed by atoms with Gasteiger partial charge in [0.2, 0.25) is 11.9 Å². The van der Waals surface area contributed by atoms with Gasteiger partial charge in [-0.2, -0.15) is 0 Å². The van der Waals surface area contributed by atoms with E-state index in [1.165, 1.54) is 0 Å². The number of hydrogen-bond donors (Lipinski definition) is 0. The predicted octanol–water partition coefficient (Wildman–Crippen LogP) is 2.55. The molecule has 8 heteroatoms. The number of rotatable bonds is 4. The van der Waals surface area contributed by atoms with Crippen molar-refractivity contribution >= 4 is 28.4 Å². The SMILES string of the molecule is COCC(=O)N1CCN(c2nc3ccccc3c3nnc(-c4ccccc4C)n23)CC1. The quantitative estimate of drug-likeness (QED) is 0.509. The van der Waals surface area contributed by atoms with Crippen LogP contribution in [0.1, 0.15) is 5.56 Å². The molecule has 4 aromatic rings. The average molecular weight is 416 g/mol. The first kappa shape index (κ1) is 19.4. The van der Waals surface area contributed by atoms with Crippen LogP contribution in [0.2, 0.25) is 0 Å². The van der Waals surface area contributed by atoms with E-state index in [0.717, 1.165) is 39.4 Å².